The zero-order valence-electron chi connectivity index (χ0n) is 15.5. The number of nitrogens with two attached hydrogens (primary N) is 1. The summed E-state index contributed by atoms with van der Waals surface area (Å²) in [6, 6.07) is -0.296. The van der Waals surface area contributed by atoms with Crippen LogP contribution in [0, 0.1) is 5.41 Å². The van der Waals surface area contributed by atoms with Crippen LogP contribution in [-0.2, 0) is 14.3 Å². The van der Waals surface area contributed by atoms with Crippen LogP contribution in [0.5, 0.6) is 0 Å². The van der Waals surface area contributed by atoms with Gasteiger partial charge < -0.3 is 30.5 Å². The molecule has 0 aromatic rings. The Morgan fingerprint density at radius 1 is 1.48 bits per heavy atom. The van der Waals surface area contributed by atoms with Gasteiger partial charge in [0.2, 0.25) is 0 Å². The van der Waals surface area contributed by atoms with Gasteiger partial charge in [-0.15, -0.1) is 0 Å². The molecule has 0 bridgehead atoms. The second-order valence-corrected chi connectivity index (χ2v) is 8.02. The van der Waals surface area contributed by atoms with E-state index in [1.165, 1.54) is 18.3 Å². The SMILES string of the molecule is COC1CN(C(=O)O)CCC1NC(=O)C1=C2OC=C(Cl)C(N)=C2CC1(C)C. The van der Waals surface area contributed by atoms with Crippen molar-refractivity contribution in [3.8, 4) is 0 Å². The number of amides is 2. The van der Waals surface area contributed by atoms with Crippen LogP contribution in [-0.4, -0.2) is 54.4 Å². The van der Waals surface area contributed by atoms with Gasteiger partial charge in [-0.2, -0.15) is 0 Å². The normalized spacial score (nSPS) is 27.1. The lowest BCUT2D eigenvalue weighted by molar-refractivity contribution is -0.121. The van der Waals surface area contributed by atoms with Crippen molar-refractivity contribution in [3.63, 3.8) is 0 Å². The number of halogens is 1. The number of rotatable bonds is 3. The number of hydrogen-bond acceptors (Lipinski definition) is 5. The van der Waals surface area contributed by atoms with Gasteiger partial charge in [-0.1, -0.05) is 25.4 Å². The third-order valence-corrected chi connectivity index (χ3v) is 5.63. The molecule has 2 unspecified atom stereocenters. The fraction of sp³-hybridized carbons (Fsp3) is 0.556. The Morgan fingerprint density at radius 3 is 2.81 bits per heavy atom. The van der Waals surface area contributed by atoms with Crippen LogP contribution in [0.4, 0.5) is 4.79 Å². The third-order valence-electron chi connectivity index (χ3n) is 5.34. The number of nitrogens with one attached hydrogen (secondary N) is 1. The largest absolute Gasteiger partial charge is 0.465 e. The van der Waals surface area contributed by atoms with Gasteiger partial charge in [0.05, 0.1) is 35.0 Å². The van der Waals surface area contributed by atoms with Crippen molar-refractivity contribution in [2.45, 2.75) is 38.8 Å². The maximum Gasteiger partial charge on any atom is 0.407 e. The maximum atomic E-state index is 13.1. The number of carboxylic acid groups (broad SMARTS) is 1. The van der Waals surface area contributed by atoms with E-state index >= 15 is 0 Å². The molecule has 0 radical (unpaired) electrons. The highest BCUT2D eigenvalue weighted by atomic mass is 35.5. The van der Waals surface area contributed by atoms with Crippen molar-refractivity contribution in [2.75, 3.05) is 20.2 Å². The van der Waals surface area contributed by atoms with Gasteiger partial charge in [-0.25, -0.2) is 4.79 Å². The van der Waals surface area contributed by atoms with E-state index in [-0.39, 0.29) is 18.5 Å². The molecule has 2 atom stereocenters. The topological polar surface area (TPSA) is 114 Å². The van der Waals surface area contributed by atoms with E-state index in [2.05, 4.69) is 5.32 Å². The summed E-state index contributed by atoms with van der Waals surface area (Å²) in [6.45, 7) is 4.44. The molecule has 2 aliphatic heterocycles. The first-order chi connectivity index (χ1) is 12.7. The first-order valence-electron chi connectivity index (χ1n) is 8.73. The second kappa shape index (κ2) is 7.09. The minimum atomic E-state index is -0.992. The minimum Gasteiger partial charge on any atom is -0.465 e. The van der Waals surface area contributed by atoms with E-state index < -0.39 is 17.6 Å². The van der Waals surface area contributed by atoms with Gasteiger partial charge in [0.25, 0.3) is 5.91 Å². The number of hydrogen-bond donors (Lipinski definition) is 3. The average Bonchev–Trinajstić information content (AvgIpc) is 2.89. The van der Waals surface area contributed by atoms with E-state index in [9.17, 15) is 9.59 Å². The van der Waals surface area contributed by atoms with Crippen LogP contribution in [0.25, 0.3) is 0 Å². The second-order valence-electron chi connectivity index (χ2n) is 7.61. The Hall–Kier alpha value is -2.19. The highest BCUT2D eigenvalue weighted by Crippen LogP contribution is 2.49. The molecule has 3 aliphatic rings. The van der Waals surface area contributed by atoms with Crippen LogP contribution >= 0.6 is 11.6 Å². The molecular formula is C18H24ClN3O5. The van der Waals surface area contributed by atoms with Crippen LogP contribution in [0.1, 0.15) is 26.7 Å². The first-order valence-corrected chi connectivity index (χ1v) is 9.11. The Kier molecular flexibility index (Phi) is 5.14. The van der Waals surface area contributed by atoms with Crippen molar-refractivity contribution in [1.29, 1.82) is 0 Å². The quantitative estimate of drug-likeness (QED) is 0.669. The summed E-state index contributed by atoms with van der Waals surface area (Å²) >= 11 is 6.05. The zero-order chi connectivity index (χ0) is 19.9. The average molecular weight is 398 g/mol. The molecular weight excluding hydrogens is 374 g/mol. The molecule has 148 valence electrons. The molecule has 27 heavy (non-hydrogen) atoms. The molecule has 1 saturated heterocycles. The number of likely N-dealkylation sites (tertiary alicyclic amines) is 1. The number of piperidine rings is 1. The molecule has 3 rings (SSSR count). The molecule has 8 nitrogen and oxygen atoms in total. The molecule has 2 amide bonds. The van der Waals surface area contributed by atoms with E-state index in [1.54, 1.807) is 0 Å². The van der Waals surface area contributed by atoms with Gasteiger partial charge in [0.1, 0.15) is 12.0 Å². The number of carbonyl (C=O) groups is 2. The zero-order valence-corrected chi connectivity index (χ0v) is 16.3. The highest BCUT2D eigenvalue weighted by molar-refractivity contribution is 6.32. The summed E-state index contributed by atoms with van der Waals surface area (Å²) in [4.78, 5) is 25.6. The van der Waals surface area contributed by atoms with Crippen molar-refractivity contribution in [2.24, 2.45) is 11.1 Å². The molecule has 0 aromatic carbocycles. The number of allylic oxidation sites excluding steroid dienone is 2. The van der Waals surface area contributed by atoms with Crippen LogP contribution in [0.15, 0.2) is 33.9 Å². The summed E-state index contributed by atoms with van der Waals surface area (Å²) in [5, 5.41) is 12.5. The Balaban J connectivity index is 1.82. The Bertz CT molecular complexity index is 771. The van der Waals surface area contributed by atoms with Gasteiger partial charge >= 0.3 is 6.09 Å². The van der Waals surface area contributed by atoms with Crippen molar-refractivity contribution >= 4 is 23.6 Å². The predicted octanol–water partition coefficient (Wildman–Crippen LogP) is 1.88. The first kappa shape index (κ1) is 19.6. The molecule has 2 heterocycles. The Morgan fingerprint density at radius 2 is 2.19 bits per heavy atom. The van der Waals surface area contributed by atoms with Crippen molar-refractivity contribution < 1.29 is 24.2 Å². The third kappa shape index (κ3) is 3.51. The molecule has 0 saturated carbocycles. The summed E-state index contributed by atoms with van der Waals surface area (Å²) in [7, 11) is 1.51. The molecule has 1 aliphatic carbocycles. The summed E-state index contributed by atoms with van der Waals surface area (Å²) in [5.41, 5.74) is 7.27. The summed E-state index contributed by atoms with van der Waals surface area (Å²) in [5.74, 6) is 0.191. The molecule has 1 fully saturated rings. The molecule has 9 heteroatoms. The maximum absolute atomic E-state index is 13.1. The fourth-order valence-electron chi connectivity index (χ4n) is 3.88. The van der Waals surface area contributed by atoms with E-state index in [0.29, 0.717) is 41.4 Å². The molecule has 0 aromatic heterocycles. The van der Waals surface area contributed by atoms with Gasteiger partial charge in [0, 0.05) is 24.6 Å². The predicted molar refractivity (Wildman–Crippen MR) is 98.6 cm³/mol. The lowest BCUT2D eigenvalue weighted by atomic mass is 9.84. The highest BCUT2D eigenvalue weighted by Gasteiger charge is 2.44. The van der Waals surface area contributed by atoms with E-state index in [1.807, 2.05) is 13.8 Å². The lowest BCUT2D eigenvalue weighted by Crippen LogP contribution is -2.56. The van der Waals surface area contributed by atoms with Crippen molar-refractivity contribution in [1.82, 2.24) is 10.2 Å². The molecule has 4 N–H and O–H groups in total. The smallest absolute Gasteiger partial charge is 0.407 e. The Labute approximate surface area is 162 Å². The molecule has 0 spiro atoms. The van der Waals surface area contributed by atoms with Gasteiger partial charge in [-0.3, -0.25) is 4.79 Å². The lowest BCUT2D eigenvalue weighted by Gasteiger charge is -2.37. The monoisotopic (exact) mass is 397 g/mol. The number of ether oxygens (including phenoxy) is 2. The van der Waals surface area contributed by atoms with Gasteiger partial charge in [0.15, 0.2) is 0 Å². The van der Waals surface area contributed by atoms with E-state index in [0.717, 1.165) is 5.57 Å². The van der Waals surface area contributed by atoms with Crippen LogP contribution in [0.3, 0.4) is 0 Å². The summed E-state index contributed by atoms with van der Waals surface area (Å²) < 4.78 is 11.0. The fourth-order valence-corrected chi connectivity index (χ4v) is 4.04. The van der Waals surface area contributed by atoms with E-state index in [4.69, 9.17) is 31.9 Å². The summed E-state index contributed by atoms with van der Waals surface area (Å²) in [6.07, 6.45) is 0.945. The standard InChI is InChI=1S/C18H24ClN3O5/c1-18(2)6-9-14(20)10(19)8-27-15(9)13(18)16(23)21-11-4-5-22(17(24)25)7-12(11)26-3/h8,11-12H,4-7,20H2,1-3H3,(H,21,23)(H,24,25). The number of nitrogens with zero attached hydrogens (tertiary/aromatic N) is 1. The van der Waals surface area contributed by atoms with Crippen molar-refractivity contribution in [3.05, 3.63) is 33.9 Å². The number of carbonyl (C=O) groups excluding carboxylic acids is 1. The van der Waals surface area contributed by atoms with Gasteiger partial charge in [-0.05, 0) is 12.8 Å². The number of fused-ring (bicyclic) bond motifs is 1. The van der Waals surface area contributed by atoms with Crippen LogP contribution in [0.2, 0.25) is 0 Å². The number of methoxy groups -OCH3 is 1. The van der Waals surface area contributed by atoms with Crippen LogP contribution < -0.4 is 11.1 Å². The minimum absolute atomic E-state index is 0.207.